The molecule has 2 N–H and O–H groups in total. The highest BCUT2D eigenvalue weighted by Gasteiger charge is 2.12. The van der Waals surface area contributed by atoms with Gasteiger partial charge in [-0.25, -0.2) is 13.6 Å². The smallest absolute Gasteiger partial charge is 0.319 e. The molecule has 2 amide bonds. The van der Waals surface area contributed by atoms with E-state index in [0.717, 1.165) is 0 Å². The number of halogens is 2. The number of hydrogen-bond acceptors (Lipinski definition) is 2. The number of hydrogen-bond donors (Lipinski definition) is 2. The fraction of sp³-hybridized carbons (Fsp3) is 0.278. The summed E-state index contributed by atoms with van der Waals surface area (Å²) in [5.41, 5.74) is 1.18. The predicted molar refractivity (Wildman–Crippen MR) is 92.2 cm³/mol. The van der Waals surface area contributed by atoms with Gasteiger partial charge in [0, 0.05) is 30.9 Å². The Morgan fingerprint density at radius 1 is 1.12 bits per heavy atom. The van der Waals surface area contributed by atoms with Crippen LogP contribution >= 0.6 is 0 Å². The molecule has 0 unspecified atom stereocenters. The van der Waals surface area contributed by atoms with Crippen LogP contribution in [-0.2, 0) is 6.54 Å². The molecule has 4 nitrogen and oxygen atoms in total. The van der Waals surface area contributed by atoms with Gasteiger partial charge in [-0.1, -0.05) is 18.2 Å². The van der Waals surface area contributed by atoms with E-state index >= 15 is 0 Å². The Morgan fingerprint density at radius 2 is 1.83 bits per heavy atom. The average Bonchev–Trinajstić information content (AvgIpc) is 2.53. The van der Waals surface area contributed by atoms with Gasteiger partial charge in [0.1, 0.15) is 11.6 Å². The Bertz CT molecular complexity index is 719. The Labute approximate surface area is 140 Å². The standard InChI is InChI=1S/C18H21F2N3O/c1-12(2)23(3)17-9-8-14(10-16(17)20)22-18(24)21-11-13-6-4-5-7-15(13)19/h4-10,12H,11H2,1-3H3,(H2,21,22,24). The number of nitrogens with one attached hydrogen (secondary N) is 2. The predicted octanol–water partition coefficient (Wildman–Crippen LogP) is 4.13. The van der Waals surface area contributed by atoms with Crippen LogP contribution in [0.1, 0.15) is 19.4 Å². The normalized spacial score (nSPS) is 10.6. The first-order valence-corrected chi connectivity index (χ1v) is 7.69. The molecule has 6 heteroatoms. The maximum absolute atomic E-state index is 14.2. The molecule has 0 aromatic heterocycles. The number of carbonyl (C=O) groups is 1. The second-order valence-electron chi connectivity index (χ2n) is 5.77. The molecular weight excluding hydrogens is 312 g/mol. The van der Waals surface area contributed by atoms with Gasteiger partial charge in [0.25, 0.3) is 0 Å². The van der Waals surface area contributed by atoms with Gasteiger partial charge in [-0.3, -0.25) is 0 Å². The van der Waals surface area contributed by atoms with Crippen molar-refractivity contribution in [2.24, 2.45) is 0 Å². The maximum Gasteiger partial charge on any atom is 0.319 e. The largest absolute Gasteiger partial charge is 0.370 e. The first-order valence-electron chi connectivity index (χ1n) is 7.69. The second-order valence-corrected chi connectivity index (χ2v) is 5.77. The Kier molecular flexibility index (Phi) is 5.73. The summed E-state index contributed by atoms with van der Waals surface area (Å²) in [6.07, 6.45) is 0. The van der Waals surface area contributed by atoms with Crippen molar-refractivity contribution in [3.63, 3.8) is 0 Å². The lowest BCUT2D eigenvalue weighted by Crippen LogP contribution is -2.29. The van der Waals surface area contributed by atoms with E-state index in [1.807, 2.05) is 13.8 Å². The van der Waals surface area contributed by atoms with Crippen molar-refractivity contribution >= 4 is 17.4 Å². The molecule has 2 aromatic carbocycles. The quantitative estimate of drug-likeness (QED) is 0.864. The highest BCUT2D eigenvalue weighted by Crippen LogP contribution is 2.23. The number of urea groups is 1. The third kappa shape index (κ3) is 4.44. The molecule has 2 aromatic rings. The number of rotatable bonds is 5. The van der Waals surface area contributed by atoms with Crippen LogP contribution in [0.25, 0.3) is 0 Å². The van der Waals surface area contributed by atoms with E-state index in [4.69, 9.17) is 0 Å². The number of benzene rings is 2. The first-order chi connectivity index (χ1) is 11.4. The lowest BCUT2D eigenvalue weighted by molar-refractivity contribution is 0.251. The molecular formula is C18H21F2N3O. The van der Waals surface area contributed by atoms with E-state index in [1.54, 1.807) is 42.3 Å². The van der Waals surface area contributed by atoms with E-state index in [-0.39, 0.29) is 18.4 Å². The van der Waals surface area contributed by atoms with Crippen LogP contribution in [0.3, 0.4) is 0 Å². The van der Waals surface area contributed by atoms with Crippen LogP contribution in [0.5, 0.6) is 0 Å². The highest BCUT2D eigenvalue weighted by atomic mass is 19.1. The molecule has 0 spiro atoms. The Morgan fingerprint density at radius 3 is 2.46 bits per heavy atom. The number of nitrogens with zero attached hydrogens (tertiary/aromatic N) is 1. The minimum absolute atomic E-state index is 0.0508. The zero-order valence-electron chi connectivity index (χ0n) is 13.9. The average molecular weight is 333 g/mol. The fourth-order valence-electron chi connectivity index (χ4n) is 2.14. The van der Waals surface area contributed by atoms with Crippen LogP contribution < -0.4 is 15.5 Å². The maximum atomic E-state index is 14.2. The molecule has 0 saturated carbocycles. The lowest BCUT2D eigenvalue weighted by Gasteiger charge is -2.24. The first kappa shape index (κ1) is 17.7. The van der Waals surface area contributed by atoms with E-state index in [0.29, 0.717) is 16.9 Å². The zero-order chi connectivity index (χ0) is 17.7. The summed E-state index contributed by atoms with van der Waals surface area (Å²) in [7, 11) is 1.80. The molecule has 24 heavy (non-hydrogen) atoms. The van der Waals surface area contributed by atoms with Crippen molar-refractivity contribution in [1.29, 1.82) is 0 Å². The fourth-order valence-corrected chi connectivity index (χ4v) is 2.14. The number of carbonyl (C=O) groups excluding carboxylic acids is 1. The Balaban J connectivity index is 1.97. The van der Waals surface area contributed by atoms with Crippen molar-refractivity contribution < 1.29 is 13.6 Å². The number of anilines is 2. The molecule has 0 heterocycles. The van der Waals surface area contributed by atoms with E-state index in [2.05, 4.69) is 10.6 Å². The van der Waals surface area contributed by atoms with Gasteiger partial charge >= 0.3 is 6.03 Å². The van der Waals surface area contributed by atoms with Crippen LogP contribution in [0, 0.1) is 11.6 Å². The van der Waals surface area contributed by atoms with Crippen LogP contribution in [0.15, 0.2) is 42.5 Å². The molecule has 0 bridgehead atoms. The number of amides is 2. The summed E-state index contributed by atoms with van der Waals surface area (Å²) in [5.74, 6) is -0.803. The zero-order valence-corrected chi connectivity index (χ0v) is 13.9. The van der Waals surface area contributed by atoms with E-state index in [1.165, 1.54) is 12.1 Å². The molecule has 0 saturated heterocycles. The lowest BCUT2D eigenvalue weighted by atomic mass is 10.2. The summed E-state index contributed by atoms with van der Waals surface area (Å²) in [4.78, 5) is 13.7. The third-order valence-corrected chi connectivity index (χ3v) is 3.76. The minimum Gasteiger partial charge on any atom is -0.370 e. The molecule has 128 valence electrons. The van der Waals surface area contributed by atoms with Crippen molar-refractivity contribution in [3.8, 4) is 0 Å². The molecule has 0 fully saturated rings. The van der Waals surface area contributed by atoms with Crippen molar-refractivity contribution in [1.82, 2.24) is 5.32 Å². The van der Waals surface area contributed by atoms with Gasteiger partial charge in [-0.05, 0) is 38.1 Å². The summed E-state index contributed by atoms with van der Waals surface area (Å²) >= 11 is 0. The van der Waals surface area contributed by atoms with Gasteiger partial charge < -0.3 is 15.5 Å². The molecule has 2 rings (SSSR count). The van der Waals surface area contributed by atoms with E-state index < -0.39 is 11.8 Å². The monoisotopic (exact) mass is 333 g/mol. The van der Waals surface area contributed by atoms with Crippen LogP contribution in [0.2, 0.25) is 0 Å². The topological polar surface area (TPSA) is 44.4 Å². The highest BCUT2D eigenvalue weighted by molar-refractivity contribution is 5.89. The molecule has 0 radical (unpaired) electrons. The Hall–Kier alpha value is -2.63. The SMILES string of the molecule is CC(C)N(C)c1ccc(NC(=O)NCc2ccccc2F)cc1F. The second kappa shape index (κ2) is 7.77. The molecule has 0 aliphatic rings. The van der Waals surface area contributed by atoms with Gasteiger partial charge in [-0.2, -0.15) is 0 Å². The van der Waals surface area contributed by atoms with Gasteiger partial charge in [0.05, 0.1) is 5.69 Å². The molecule has 0 atom stereocenters. The van der Waals surface area contributed by atoms with Crippen LogP contribution in [0.4, 0.5) is 25.0 Å². The summed E-state index contributed by atoms with van der Waals surface area (Å²) in [5, 5.41) is 5.08. The van der Waals surface area contributed by atoms with Gasteiger partial charge in [-0.15, -0.1) is 0 Å². The molecule has 0 aliphatic heterocycles. The minimum atomic E-state index is -0.525. The summed E-state index contributed by atoms with van der Waals surface area (Å²) in [6, 6.07) is 10.3. The van der Waals surface area contributed by atoms with Crippen molar-refractivity contribution in [2.45, 2.75) is 26.4 Å². The van der Waals surface area contributed by atoms with Crippen LogP contribution in [-0.4, -0.2) is 19.1 Å². The van der Waals surface area contributed by atoms with Gasteiger partial charge in [0.2, 0.25) is 0 Å². The third-order valence-electron chi connectivity index (χ3n) is 3.76. The van der Waals surface area contributed by atoms with E-state index in [9.17, 15) is 13.6 Å². The van der Waals surface area contributed by atoms with Gasteiger partial charge in [0.15, 0.2) is 0 Å². The summed E-state index contributed by atoms with van der Waals surface area (Å²) < 4.78 is 27.6. The van der Waals surface area contributed by atoms with Crippen molar-refractivity contribution in [2.75, 3.05) is 17.3 Å². The van der Waals surface area contributed by atoms with Crippen molar-refractivity contribution in [3.05, 3.63) is 59.7 Å². The summed E-state index contributed by atoms with van der Waals surface area (Å²) in [6.45, 7) is 3.97. The molecule has 0 aliphatic carbocycles.